The number of phenolic OH excluding ortho intramolecular Hbond substituents is 4. The zero-order valence-electron chi connectivity index (χ0n) is 10.5. The molecule has 0 aliphatic rings. The van der Waals surface area contributed by atoms with Crippen molar-refractivity contribution in [3.05, 3.63) is 35.4 Å². The van der Waals surface area contributed by atoms with Crippen LogP contribution >= 0.6 is 0 Å². The molecular formula is C14H6F4O4. The third-order valence-electron chi connectivity index (χ3n) is 3.40. The first-order chi connectivity index (χ1) is 10.3. The second-order valence-corrected chi connectivity index (χ2v) is 4.56. The first-order valence-corrected chi connectivity index (χ1v) is 5.81. The van der Waals surface area contributed by atoms with Crippen LogP contribution in [-0.4, -0.2) is 20.4 Å². The van der Waals surface area contributed by atoms with Gasteiger partial charge >= 0.3 is 0 Å². The number of phenols is 4. The molecule has 0 aliphatic carbocycles. The fourth-order valence-corrected chi connectivity index (χ4v) is 2.35. The molecule has 4 N–H and O–H groups in total. The fourth-order valence-electron chi connectivity index (χ4n) is 2.35. The monoisotopic (exact) mass is 314 g/mol. The van der Waals surface area contributed by atoms with Crippen molar-refractivity contribution in [2.45, 2.75) is 0 Å². The van der Waals surface area contributed by atoms with Gasteiger partial charge in [0.2, 0.25) is 11.5 Å². The van der Waals surface area contributed by atoms with Crippen LogP contribution in [-0.2, 0) is 0 Å². The molecule has 0 fully saturated rings. The van der Waals surface area contributed by atoms with Crippen LogP contribution in [0.1, 0.15) is 0 Å². The Morgan fingerprint density at radius 1 is 0.500 bits per heavy atom. The quantitative estimate of drug-likeness (QED) is 0.128. The molecule has 114 valence electrons. The molecule has 22 heavy (non-hydrogen) atoms. The van der Waals surface area contributed by atoms with Crippen molar-refractivity contribution in [2.75, 3.05) is 0 Å². The first-order valence-electron chi connectivity index (χ1n) is 5.81. The largest absolute Gasteiger partial charge is 0.504 e. The molecule has 0 saturated carbocycles. The molecule has 0 spiro atoms. The van der Waals surface area contributed by atoms with Crippen molar-refractivity contribution in [2.24, 2.45) is 0 Å². The van der Waals surface area contributed by atoms with Crippen LogP contribution in [0, 0.1) is 23.3 Å². The van der Waals surface area contributed by atoms with Gasteiger partial charge in [0.15, 0.2) is 34.8 Å². The van der Waals surface area contributed by atoms with E-state index in [-0.39, 0.29) is 5.39 Å². The minimum atomic E-state index is -2.11. The minimum absolute atomic E-state index is 0.385. The van der Waals surface area contributed by atoms with E-state index < -0.39 is 62.4 Å². The molecule has 4 nitrogen and oxygen atoms in total. The van der Waals surface area contributed by atoms with Crippen molar-refractivity contribution < 1.29 is 38.0 Å². The number of rotatable bonds is 0. The Hall–Kier alpha value is -2.90. The van der Waals surface area contributed by atoms with E-state index in [9.17, 15) is 38.0 Å². The SMILES string of the molecule is Oc1c(O)c(O)c2c(ccc3c(F)c(F)c(F)c(F)c32)c1O. The fraction of sp³-hybridized carbons (Fsp3) is 0. The summed E-state index contributed by atoms with van der Waals surface area (Å²) in [6.07, 6.45) is 0. The van der Waals surface area contributed by atoms with E-state index in [4.69, 9.17) is 0 Å². The average molecular weight is 314 g/mol. The van der Waals surface area contributed by atoms with Gasteiger partial charge in [-0.15, -0.1) is 0 Å². The zero-order chi connectivity index (χ0) is 16.3. The maximum Gasteiger partial charge on any atom is 0.204 e. The molecule has 0 aliphatic heterocycles. The van der Waals surface area contributed by atoms with Gasteiger partial charge in [-0.3, -0.25) is 0 Å². The molecule has 8 heteroatoms. The highest BCUT2D eigenvalue weighted by atomic mass is 19.2. The normalized spacial score (nSPS) is 11.5. The number of aromatic hydroxyl groups is 4. The Kier molecular flexibility index (Phi) is 2.74. The van der Waals surface area contributed by atoms with E-state index in [2.05, 4.69) is 0 Å². The van der Waals surface area contributed by atoms with Crippen LogP contribution < -0.4 is 0 Å². The Morgan fingerprint density at radius 3 is 1.64 bits per heavy atom. The summed E-state index contributed by atoms with van der Waals surface area (Å²) in [5.74, 6) is -12.0. The van der Waals surface area contributed by atoms with Crippen LogP contribution in [0.25, 0.3) is 21.5 Å². The molecule has 3 aromatic carbocycles. The summed E-state index contributed by atoms with van der Waals surface area (Å²) < 4.78 is 54.4. The number of hydrogen-bond donors (Lipinski definition) is 4. The maximum absolute atomic E-state index is 14.0. The van der Waals surface area contributed by atoms with Gasteiger partial charge in [-0.1, -0.05) is 6.07 Å². The highest BCUT2D eigenvalue weighted by Gasteiger charge is 2.26. The van der Waals surface area contributed by atoms with Gasteiger partial charge in [-0.05, 0) is 6.07 Å². The first kappa shape index (κ1) is 14.1. The molecule has 0 bridgehead atoms. The summed E-state index contributed by atoms with van der Waals surface area (Å²) in [4.78, 5) is 0. The van der Waals surface area contributed by atoms with Crippen LogP contribution in [0.4, 0.5) is 17.6 Å². The van der Waals surface area contributed by atoms with E-state index >= 15 is 0 Å². The third-order valence-corrected chi connectivity index (χ3v) is 3.40. The van der Waals surface area contributed by atoms with Gasteiger partial charge in [0.25, 0.3) is 0 Å². The summed E-state index contributed by atoms with van der Waals surface area (Å²) in [5.41, 5.74) is 0. The van der Waals surface area contributed by atoms with Gasteiger partial charge in [-0.2, -0.15) is 0 Å². The van der Waals surface area contributed by atoms with E-state index in [0.29, 0.717) is 0 Å². The van der Waals surface area contributed by atoms with Gasteiger partial charge in [0.1, 0.15) is 0 Å². The molecule has 3 aromatic rings. The van der Waals surface area contributed by atoms with Gasteiger partial charge in [-0.25, -0.2) is 17.6 Å². The highest BCUT2D eigenvalue weighted by Crippen LogP contribution is 2.51. The number of fused-ring (bicyclic) bond motifs is 3. The number of halogens is 4. The molecule has 3 rings (SSSR count). The van der Waals surface area contributed by atoms with E-state index in [0.717, 1.165) is 12.1 Å². The summed E-state index contributed by atoms with van der Waals surface area (Å²) in [5, 5.41) is 35.8. The summed E-state index contributed by atoms with van der Waals surface area (Å²) >= 11 is 0. The highest BCUT2D eigenvalue weighted by molar-refractivity contribution is 6.14. The number of benzene rings is 3. The molecule has 0 unspecified atom stereocenters. The standard InChI is InChI=1S/C14H6F4O4/c15-7-3-1-2-4-6(5(3)8(16)10(18)9(7)17)12(20)14(22)13(21)11(4)19/h1-2,19-22H. The van der Waals surface area contributed by atoms with Gasteiger partial charge < -0.3 is 20.4 Å². The van der Waals surface area contributed by atoms with Crippen LogP contribution in [0.2, 0.25) is 0 Å². The average Bonchev–Trinajstić information content (AvgIpc) is 2.52. The molecule has 0 heterocycles. The molecule has 0 amide bonds. The zero-order valence-corrected chi connectivity index (χ0v) is 10.5. The Balaban J connectivity index is 2.74. The lowest BCUT2D eigenvalue weighted by atomic mass is 9.98. The van der Waals surface area contributed by atoms with Crippen molar-refractivity contribution >= 4 is 21.5 Å². The summed E-state index contributed by atoms with van der Waals surface area (Å²) in [7, 11) is 0. The Labute approximate surface area is 119 Å². The summed E-state index contributed by atoms with van der Waals surface area (Å²) in [6, 6.07) is 1.79. The predicted octanol–water partition coefficient (Wildman–Crippen LogP) is 3.37. The van der Waals surface area contributed by atoms with E-state index in [1.807, 2.05) is 0 Å². The Bertz CT molecular complexity index is 890. The predicted molar refractivity (Wildman–Crippen MR) is 67.9 cm³/mol. The topological polar surface area (TPSA) is 80.9 Å². The lowest BCUT2D eigenvalue weighted by Crippen LogP contribution is -1.98. The van der Waals surface area contributed by atoms with E-state index in [1.165, 1.54) is 0 Å². The third kappa shape index (κ3) is 1.51. The van der Waals surface area contributed by atoms with Gasteiger partial charge in [0, 0.05) is 21.5 Å². The summed E-state index contributed by atoms with van der Waals surface area (Å²) in [6.45, 7) is 0. The van der Waals surface area contributed by atoms with Crippen LogP contribution in [0.3, 0.4) is 0 Å². The van der Waals surface area contributed by atoms with Crippen LogP contribution in [0.5, 0.6) is 23.0 Å². The lowest BCUT2D eigenvalue weighted by molar-refractivity contribution is 0.351. The lowest BCUT2D eigenvalue weighted by Gasteiger charge is -2.12. The van der Waals surface area contributed by atoms with Crippen LogP contribution in [0.15, 0.2) is 12.1 Å². The molecule has 0 saturated heterocycles. The number of hydrogen-bond acceptors (Lipinski definition) is 4. The second kappa shape index (κ2) is 4.30. The minimum Gasteiger partial charge on any atom is -0.504 e. The molecule has 0 radical (unpaired) electrons. The van der Waals surface area contributed by atoms with Crippen molar-refractivity contribution in [1.29, 1.82) is 0 Å². The van der Waals surface area contributed by atoms with Crippen molar-refractivity contribution in [3.63, 3.8) is 0 Å². The molecule has 0 atom stereocenters. The Morgan fingerprint density at radius 2 is 1.00 bits per heavy atom. The van der Waals surface area contributed by atoms with Crippen molar-refractivity contribution in [1.82, 2.24) is 0 Å². The molecular weight excluding hydrogens is 308 g/mol. The maximum atomic E-state index is 14.0. The van der Waals surface area contributed by atoms with E-state index in [1.54, 1.807) is 0 Å². The van der Waals surface area contributed by atoms with Crippen molar-refractivity contribution in [3.8, 4) is 23.0 Å². The molecule has 0 aromatic heterocycles. The van der Waals surface area contributed by atoms with Gasteiger partial charge in [0.05, 0.1) is 0 Å². The second-order valence-electron chi connectivity index (χ2n) is 4.56. The smallest absolute Gasteiger partial charge is 0.204 e.